The van der Waals surface area contributed by atoms with Crippen molar-refractivity contribution in [1.29, 1.82) is 0 Å². The van der Waals surface area contributed by atoms with E-state index in [1.165, 1.54) is 7.11 Å². The number of benzene rings is 1. The van der Waals surface area contributed by atoms with Crippen LogP contribution in [0, 0.1) is 6.92 Å². The van der Waals surface area contributed by atoms with Crippen molar-refractivity contribution in [3.63, 3.8) is 0 Å². The maximum Gasteiger partial charge on any atom is 0.339 e. The summed E-state index contributed by atoms with van der Waals surface area (Å²) in [5.41, 5.74) is 2.04. The van der Waals surface area contributed by atoms with Crippen molar-refractivity contribution < 1.29 is 14.6 Å². The molecule has 0 aliphatic carbocycles. The minimum atomic E-state index is -1.27. The summed E-state index contributed by atoms with van der Waals surface area (Å²) in [5, 5.41) is 17.5. The van der Waals surface area contributed by atoms with Crippen molar-refractivity contribution in [2.24, 2.45) is 0 Å². The van der Waals surface area contributed by atoms with Gasteiger partial charge in [-0.3, -0.25) is 5.10 Å². The molecule has 1 aromatic carbocycles. The van der Waals surface area contributed by atoms with E-state index in [4.69, 9.17) is 0 Å². The number of aliphatic hydroxyl groups is 1. The van der Waals surface area contributed by atoms with Crippen molar-refractivity contribution in [2.45, 2.75) is 13.0 Å². The molecule has 0 saturated carbocycles. The lowest BCUT2D eigenvalue weighted by Crippen LogP contribution is -2.13. The van der Waals surface area contributed by atoms with Gasteiger partial charge in [0, 0.05) is 16.6 Å². The van der Waals surface area contributed by atoms with Crippen molar-refractivity contribution in [3.8, 4) is 0 Å². The lowest BCUT2D eigenvalue weighted by molar-refractivity contribution is -0.150. The van der Waals surface area contributed by atoms with E-state index in [9.17, 15) is 9.90 Å². The molecule has 2 N–H and O–H groups in total. The number of H-pyrrole nitrogens is 1. The maximum atomic E-state index is 11.3. The first kappa shape index (κ1) is 10.6. The molecular formula is C11H12N2O3. The molecule has 1 heterocycles. The van der Waals surface area contributed by atoms with Crippen LogP contribution < -0.4 is 0 Å². The van der Waals surface area contributed by atoms with Crippen molar-refractivity contribution in [3.05, 3.63) is 29.5 Å². The second-order valence-corrected chi connectivity index (χ2v) is 3.52. The molecule has 0 spiro atoms. The smallest absolute Gasteiger partial charge is 0.339 e. The van der Waals surface area contributed by atoms with Crippen LogP contribution in [0.2, 0.25) is 0 Å². The van der Waals surface area contributed by atoms with Gasteiger partial charge in [-0.25, -0.2) is 4.79 Å². The summed E-state index contributed by atoms with van der Waals surface area (Å²) in [5.74, 6) is -0.673. The number of carbonyl (C=O) groups is 1. The standard InChI is InChI=1S/C11H12N2O3/c1-6-9-7(10(14)11(15)16-2)4-3-5-8(9)13-12-6/h3-5,10,14H,1-2H3,(H,12,13). The summed E-state index contributed by atoms with van der Waals surface area (Å²) < 4.78 is 4.51. The zero-order valence-electron chi connectivity index (χ0n) is 9.02. The average molecular weight is 220 g/mol. The average Bonchev–Trinajstić information content (AvgIpc) is 2.69. The first-order valence-electron chi connectivity index (χ1n) is 4.84. The normalized spacial score (nSPS) is 12.7. The van der Waals surface area contributed by atoms with Gasteiger partial charge in [-0.1, -0.05) is 12.1 Å². The molecule has 16 heavy (non-hydrogen) atoms. The number of aromatic amines is 1. The van der Waals surface area contributed by atoms with E-state index >= 15 is 0 Å². The minimum absolute atomic E-state index is 0.510. The van der Waals surface area contributed by atoms with Crippen LogP contribution in [0.15, 0.2) is 18.2 Å². The molecule has 0 amide bonds. The van der Waals surface area contributed by atoms with E-state index in [1.54, 1.807) is 12.1 Å². The van der Waals surface area contributed by atoms with Gasteiger partial charge in [0.1, 0.15) is 0 Å². The van der Waals surface area contributed by atoms with Gasteiger partial charge in [-0.05, 0) is 13.0 Å². The zero-order chi connectivity index (χ0) is 11.7. The first-order valence-corrected chi connectivity index (χ1v) is 4.84. The molecule has 0 bridgehead atoms. The Hall–Kier alpha value is -1.88. The molecule has 5 nitrogen and oxygen atoms in total. The van der Waals surface area contributed by atoms with Crippen molar-refractivity contribution in [2.75, 3.05) is 7.11 Å². The molecule has 0 aliphatic heterocycles. The highest BCUT2D eigenvalue weighted by molar-refractivity contribution is 5.89. The fraction of sp³-hybridized carbons (Fsp3) is 0.273. The van der Waals surface area contributed by atoms with Gasteiger partial charge in [-0.15, -0.1) is 0 Å². The number of aryl methyl sites for hydroxylation is 1. The highest BCUT2D eigenvalue weighted by Gasteiger charge is 2.21. The Kier molecular flexibility index (Phi) is 2.62. The number of carbonyl (C=O) groups excluding carboxylic acids is 1. The summed E-state index contributed by atoms with van der Waals surface area (Å²) in [6.45, 7) is 1.84. The van der Waals surface area contributed by atoms with Crippen molar-refractivity contribution >= 4 is 16.9 Å². The van der Waals surface area contributed by atoms with Gasteiger partial charge in [-0.2, -0.15) is 5.10 Å². The molecule has 2 aromatic rings. The zero-order valence-corrected chi connectivity index (χ0v) is 9.02. The van der Waals surface area contributed by atoms with Crippen LogP contribution in [0.3, 0.4) is 0 Å². The quantitative estimate of drug-likeness (QED) is 0.742. The second-order valence-electron chi connectivity index (χ2n) is 3.52. The van der Waals surface area contributed by atoms with Gasteiger partial charge in [0.2, 0.25) is 0 Å². The molecular weight excluding hydrogens is 208 g/mol. The molecule has 0 fully saturated rings. The Labute approximate surface area is 92.0 Å². The lowest BCUT2D eigenvalue weighted by atomic mass is 10.0. The van der Waals surface area contributed by atoms with E-state index in [-0.39, 0.29) is 0 Å². The van der Waals surface area contributed by atoms with Crippen LogP contribution in [0.1, 0.15) is 17.4 Å². The summed E-state index contributed by atoms with van der Waals surface area (Å²) in [6, 6.07) is 5.24. The van der Waals surface area contributed by atoms with E-state index in [2.05, 4.69) is 14.9 Å². The highest BCUT2D eigenvalue weighted by Crippen LogP contribution is 2.26. The third-order valence-corrected chi connectivity index (χ3v) is 2.51. The molecule has 1 unspecified atom stereocenters. The minimum Gasteiger partial charge on any atom is -0.467 e. The van der Waals surface area contributed by atoms with Crippen LogP contribution >= 0.6 is 0 Å². The monoisotopic (exact) mass is 220 g/mol. The fourth-order valence-electron chi connectivity index (χ4n) is 1.73. The van der Waals surface area contributed by atoms with Crippen molar-refractivity contribution in [1.82, 2.24) is 10.2 Å². The summed E-state index contributed by atoms with van der Waals surface area (Å²) in [6.07, 6.45) is -1.27. The summed E-state index contributed by atoms with van der Waals surface area (Å²) in [4.78, 5) is 11.3. The van der Waals surface area contributed by atoms with E-state index in [1.807, 2.05) is 13.0 Å². The van der Waals surface area contributed by atoms with Crippen LogP contribution in [0.4, 0.5) is 0 Å². The van der Waals surface area contributed by atoms with Crippen LogP contribution in [-0.4, -0.2) is 28.4 Å². The number of nitrogens with one attached hydrogen (secondary N) is 1. The van der Waals surface area contributed by atoms with E-state index in [0.29, 0.717) is 5.56 Å². The number of methoxy groups -OCH3 is 1. The second kappa shape index (κ2) is 3.94. The van der Waals surface area contributed by atoms with Gasteiger partial charge >= 0.3 is 5.97 Å². The number of hydrogen-bond acceptors (Lipinski definition) is 4. The van der Waals surface area contributed by atoms with Gasteiger partial charge < -0.3 is 9.84 Å². The van der Waals surface area contributed by atoms with E-state index in [0.717, 1.165) is 16.6 Å². The number of esters is 1. The van der Waals surface area contributed by atoms with Crippen LogP contribution in [0.25, 0.3) is 10.9 Å². The fourth-order valence-corrected chi connectivity index (χ4v) is 1.73. The lowest BCUT2D eigenvalue weighted by Gasteiger charge is -2.09. The third-order valence-electron chi connectivity index (χ3n) is 2.51. The molecule has 1 atom stereocenters. The predicted molar refractivity (Wildman–Crippen MR) is 57.8 cm³/mol. The first-order chi connectivity index (χ1) is 7.65. The number of nitrogens with zero attached hydrogens (tertiary/aromatic N) is 1. The molecule has 0 radical (unpaired) electrons. The summed E-state index contributed by atoms with van der Waals surface area (Å²) in [7, 11) is 1.24. The molecule has 5 heteroatoms. The van der Waals surface area contributed by atoms with Crippen LogP contribution in [0.5, 0.6) is 0 Å². The van der Waals surface area contributed by atoms with Gasteiger partial charge in [0.05, 0.1) is 12.6 Å². The number of fused-ring (bicyclic) bond motifs is 1. The number of hydrogen-bond donors (Lipinski definition) is 2. The maximum absolute atomic E-state index is 11.3. The third kappa shape index (κ3) is 1.55. The van der Waals surface area contributed by atoms with Crippen LogP contribution in [-0.2, 0) is 9.53 Å². The van der Waals surface area contributed by atoms with Gasteiger partial charge in [0.25, 0.3) is 0 Å². The highest BCUT2D eigenvalue weighted by atomic mass is 16.5. The molecule has 0 aliphatic rings. The molecule has 1 aromatic heterocycles. The Morgan fingerprint density at radius 2 is 2.31 bits per heavy atom. The van der Waals surface area contributed by atoms with E-state index < -0.39 is 12.1 Å². The number of aliphatic hydroxyl groups excluding tert-OH is 1. The Bertz CT molecular complexity index is 533. The Morgan fingerprint density at radius 1 is 1.56 bits per heavy atom. The SMILES string of the molecule is COC(=O)C(O)c1cccc2n[nH]c(C)c12. The molecule has 0 saturated heterocycles. The molecule has 2 rings (SSSR count). The number of rotatable bonds is 2. The topological polar surface area (TPSA) is 75.2 Å². The predicted octanol–water partition coefficient (Wildman–Crippen LogP) is 1.08. The summed E-state index contributed by atoms with van der Waals surface area (Å²) >= 11 is 0. The number of aromatic nitrogens is 2. The number of ether oxygens (including phenoxy) is 1. The largest absolute Gasteiger partial charge is 0.467 e. The van der Waals surface area contributed by atoms with Gasteiger partial charge in [0.15, 0.2) is 6.10 Å². The Balaban J connectivity index is 2.59. The molecule has 84 valence electrons. The Morgan fingerprint density at radius 3 is 3.00 bits per heavy atom.